The van der Waals surface area contributed by atoms with Crippen LogP contribution in [0.3, 0.4) is 0 Å². The fourth-order valence-corrected chi connectivity index (χ4v) is 2.73. The van der Waals surface area contributed by atoms with E-state index in [9.17, 15) is 0 Å². The summed E-state index contributed by atoms with van der Waals surface area (Å²) < 4.78 is 2.72. The quantitative estimate of drug-likeness (QED) is 0.577. The van der Waals surface area contributed by atoms with E-state index in [2.05, 4.69) is 30.9 Å². The van der Waals surface area contributed by atoms with Gasteiger partial charge in [-0.3, -0.25) is 9.55 Å². The second-order valence-corrected chi connectivity index (χ2v) is 5.60. The number of benzene rings is 1. The molecule has 102 valence electrons. The van der Waals surface area contributed by atoms with Gasteiger partial charge in [0.1, 0.15) is 5.52 Å². The molecule has 6 heteroatoms. The molecule has 3 heterocycles. The van der Waals surface area contributed by atoms with Gasteiger partial charge >= 0.3 is 0 Å². The third kappa shape index (κ3) is 1.95. The van der Waals surface area contributed by atoms with E-state index >= 15 is 0 Å². The SMILES string of the molecule is Nc1nc2cc(Br)cnc2n1-c1ccc2ncccc2c1. The van der Waals surface area contributed by atoms with Crippen molar-refractivity contribution in [1.29, 1.82) is 0 Å². The van der Waals surface area contributed by atoms with Crippen molar-refractivity contribution >= 4 is 43.9 Å². The molecule has 5 nitrogen and oxygen atoms in total. The van der Waals surface area contributed by atoms with E-state index in [0.29, 0.717) is 5.95 Å². The number of anilines is 1. The highest BCUT2D eigenvalue weighted by Crippen LogP contribution is 2.25. The molecule has 0 amide bonds. The second-order valence-electron chi connectivity index (χ2n) is 4.68. The summed E-state index contributed by atoms with van der Waals surface area (Å²) in [5, 5.41) is 1.05. The van der Waals surface area contributed by atoms with Gasteiger partial charge in [0.25, 0.3) is 0 Å². The molecule has 0 radical (unpaired) electrons. The zero-order valence-electron chi connectivity index (χ0n) is 10.9. The van der Waals surface area contributed by atoms with E-state index in [-0.39, 0.29) is 0 Å². The van der Waals surface area contributed by atoms with E-state index in [1.807, 2.05) is 41.0 Å². The molecular formula is C15H10BrN5. The van der Waals surface area contributed by atoms with Crippen LogP contribution in [0.4, 0.5) is 5.95 Å². The van der Waals surface area contributed by atoms with Gasteiger partial charge in [-0.05, 0) is 46.3 Å². The van der Waals surface area contributed by atoms with Gasteiger partial charge in [0.05, 0.1) is 11.2 Å². The smallest absolute Gasteiger partial charge is 0.207 e. The molecule has 0 saturated heterocycles. The van der Waals surface area contributed by atoms with Crippen molar-refractivity contribution in [3.8, 4) is 5.69 Å². The van der Waals surface area contributed by atoms with Crippen molar-refractivity contribution in [1.82, 2.24) is 19.5 Å². The number of nitrogens with two attached hydrogens (primary N) is 1. The van der Waals surface area contributed by atoms with Crippen molar-refractivity contribution in [2.75, 3.05) is 5.73 Å². The Hall–Kier alpha value is -2.47. The minimum atomic E-state index is 0.416. The Morgan fingerprint density at radius 3 is 2.86 bits per heavy atom. The first-order valence-corrected chi connectivity index (χ1v) is 7.16. The van der Waals surface area contributed by atoms with E-state index in [0.717, 1.165) is 32.2 Å². The minimum Gasteiger partial charge on any atom is -0.369 e. The number of pyridine rings is 2. The molecule has 0 spiro atoms. The molecule has 0 bridgehead atoms. The van der Waals surface area contributed by atoms with E-state index in [1.165, 1.54) is 0 Å². The fourth-order valence-electron chi connectivity index (χ4n) is 2.41. The molecule has 0 unspecified atom stereocenters. The van der Waals surface area contributed by atoms with Crippen LogP contribution in [-0.4, -0.2) is 19.5 Å². The number of fused-ring (bicyclic) bond motifs is 2. The lowest BCUT2D eigenvalue weighted by Gasteiger charge is -2.07. The Morgan fingerprint density at radius 2 is 1.95 bits per heavy atom. The Morgan fingerprint density at radius 1 is 1.05 bits per heavy atom. The normalized spacial score (nSPS) is 11.3. The summed E-state index contributed by atoms with van der Waals surface area (Å²) in [5.74, 6) is 0.416. The van der Waals surface area contributed by atoms with Crippen molar-refractivity contribution in [2.45, 2.75) is 0 Å². The summed E-state index contributed by atoms with van der Waals surface area (Å²) in [6.45, 7) is 0. The van der Waals surface area contributed by atoms with E-state index < -0.39 is 0 Å². The zero-order valence-corrected chi connectivity index (χ0v) is 12.4. The Labute approximate surface area is 128 Å². The molecule has 0 fully saturated rings. The van der Waals surface area contributed by atoms with Gasteiger partial charge in [0.2, 0.25) is 5.95 Å². The lowest BCUT2D eigenvalue weighted by Crippen LogP contribution is -2.01. The van der Waals surface area contributed by atoms with Crippen molar-refractivity contribution in [3.63, 3.8) is 0 Å². The first kappa shape index (κ1) is 12.3. The summed E-state index contributed by atoms with van der Waals surface area (Å²) in [5.41, 5.74) is 9.42. The average Bonchev–Trinajstić information content (AvgIpc) is 2.81. The number of rotatable bonds is 1. The van der Waals surface area contributed by atoms with E-state index in [1.54, 1.807) is 12.4 Å². The third-order valence-electron chi connectivity index (χ3n) is 3.33. The van der Waals surface area contributed by atoms with Crippen molar-refractivity contribution < 1.29 is 0 Å². The van der Waals surface area contributed by atoms with Gasteiger partial charge in [-0.25, -0.2) is 9.97 Å². The zero-order chi connectivity index (χ0) is 14.4. The highest BCUT2D eigenvalue weighted by atomic mass is 79.9. The number of aromatic nitrogens is 4. The second kappa shape index (κ2) is 4.53. The van der Waals surface area contributed by atoms with Crippen LogP contribution in [0.5, 0.6) is 0 Å². The molecular weight excluding hydrogens is 330 g/mol. The van der Waals surface area contributed by atoms with Crippen LogP contribution >= 0.6 is 15.9 Å². The third-order valence-corrected chi connectivity index (χ3v) is 3.77. The number of halogens is 1. The highest BCUT2D eigenvalue weighted by Gasteiger charge is 2.12. The van der Waals surface area contributed by atoms with Gasteiger partial charge < -0.3 is 5.73 Å². The van der Waals surface area contributed by atoms with E-state index in [4.69, 9.17) is 5.73 Å². The summed E-state index contributed by atoms with van der Waals surface area (Å²) in [7, 11) is 0. The number of nitrogens with zero attached hydrogens (tertiary/aromatic N) is 4. The molecule has 2 N–H and O–H groups in total. The monoisotopic (exact) mass is 339 g/mol. The van der Waals surface area contributed by atoms with Crippen LogP contribution in [0.1, 0.15) is 0 Å². The maximum atomic E-state index is 6.06. The molecule has 4 rings (SSSR count). The number of nitrogen functional groups attached to an aromatic ring is 1. The molecule has 0 atom stereocenters. The summed E-state index contributed by atoms with van der Waals surface area (Å²) in [4.78, 5) is 13.1. The fraction of sp³-hybridized carbons (Fsp3) is 0. The molecule has 4 aromatic rings. The maximum Gasteiger partial charge on any atom is 0.207 e. The van der Waals surface area contributed by atoms with Gasteiger partial charge in [-0.2, -0.15) is 0 Å². The lowest BCUT2D eigenvalue weighted by molar-refractivity contribution is 1.09. The predicted molar refractivity (Wildman–Crippen MR) is 86.3 cm³/mol. The van der Waals surface area contributed by atoms with Crippen molar-refractivity contribution in [3.05, 3.63) is 53.3 Å². The van der Waals surface area contributed by atoms with Gasteiger partial charge in [0, 0.05) is 22.3 Å². The number of hydrogen-bond acceptors (Lipinski definition) is 4. The molecule has 0 aliphatic rings. The maximum absolute atomic E-state index is 6.06. The molecule has 1 aromatic carbocycles. The standard InChI is InChI=1S/C15H10BrN5/c16-10-7-13-14(19-8-10)21(15(17)20-13)11-3-4-12-9(6-11)2-1-5-18-12/h1-8H,(H2,17,20). The molecule has 21 heavy (non-hydrogen) atoms. The molecule has 0 aliphatic heterocycles. The van der Waals surface area contributed by atoms with Crippen LogP contribution in [0.15, 0.2) is 53.3 Å². The topological polar surface area (TPSA) is 69.6 Å². The first-order chi connectivity index (χ1) is 10.2. The Bertz CT molecular complexity index is 976. The summed E-state index contributed by atoms with van der Waals surface area (Å²) in [6.07, 6.45) is 3.52. The Kier molecular flexibility index (Phi) is 2.65. The van der Waals surface area contributed by atoms with Gasteiger partial charge in [-0.1, -0.05) is 6.07 Å². The predicted octanol–water partition coefficient (Wildman–Crippen LogP) is 3.31. The first-order valence-electron chi connectivity index (χ1n) is 6.37. The largest absolute Gasteiger partial charge is 0.369 e. The summed E-state index contributed by atoms with van der Waals surface area (Å²) >= 11 is 3.39. The minimum absolute atomic E-state index is 0.416. The van der Waals surface area contributed by atoms with Crippen LogP contribution < -0.4 is 5.73 Å². The van der Waals surface area contributed by atoms with Crippen LogP contribution in [0.2, 0.25) is 0 Å². The van der Waals surface area contributed by atoms with Crippen LogP contribution in [-0.2, 0) is 0 Å². The molecule has 0 aliphatic carbocycles. The highest BCUT2D eigenvalue weighted by molar-refractivity contribution is 9.10. The summed E-state index contributed by atoms with van der Waals surface area (Å²) in [6, 6.07) is 11.8. The number of imidazole rings is 1. The van der Waals surface area contributed by atoms with Gasteiger partial charge in [-0.15, -0.1) is 0 Å². The van der Waals surface area contributed by atoms with Crippen molar-refractivity contribution in [2.24, 2.45) is 0 Å². The average molecular weight is 340 g/mol. The molecule has 3 aromatic heterocycles. The Balaban J connectivity index is 2.01. The molecule has 0 saturated carbocycles. The lowest BCUT2D eigenvalue weighted by atomic mass is 10.2. The van der Waals surface area contributed by atoms with Crippen LogP contribution in [0.25, 0.3) is 27.8 Å². The van der Waals surface area contributed by atoms with Gasteiger partial charge in [0.15, 0.2) is 5.65 Å². The van der Waals surface area contributed by atoms with Crippen LogP contribution in [0, 0.1) is 0 Å². The number of hydrogen-bond donors (Lipinski definition) is 1.